The number of benzene rings is 4. The summed E-state index contributed by atoms with van der Waals surface area (Å²) in [5.74, 6) is -0.269. The van der Waals surface area contributed by atoms with Crippen molar-refractivity contribution in [3.05, 3.63) is 96.1 Å². The van der Waals surface area contributed by atoms with Gasteiger partial charge >= 0.3 is 0 Å². The molecule has 0 spiro atoms. The molecule has 5 rings (SSSR count). The van der Waals surface area contributed by atoms with E-state index in [-0.39, 0.29) is 11.8 Å². The maximum Gasteiger partial charge on any atom is -0.0155 e. The summed E-state index contributed by atoms with van der Waals surface area (Å²) in [5, 5.41) is 26.7. The zero-order valence-electron chi connectivity index (χ0n) is 22.2. The lowest BCUT2D eigenvalue weighted by atomic mass is 9.71. The molecule has 2 nitrogen and oxygen atoms in total. The third-order valence-corrected chi connectivity index (χ3v) is 6.09. The minimum Gasteiger partial charge on any atom is -0.852 e. The van der Waals surface area contributed by atoms with Gasteiger partial charge in [0.1, 0.15) is 0 Å². The molecule has 0 unspecified atom stereocenters. The molecule has 4 aromatic carbocycles. The summed E-state index contributed by atoms with van der Waals surface area (Å²) in [6.07, 6.45) is -1.17. The standard InChI is InChI=1S/2C11H10.C6H10O2.2C2H6/c2*1-9-5-4-7-10-6-2-3-8-11(9)10;1-3-5(7)4(2)6(3)8;2*1-2/h2*2-8H,1H3;3-6H,1-2H3;2*1-2H3/q;;-2;;. The summed E-state index contributed by atoms with van der Waals surface area (Å²) < 4.78 is 0. The van der Waals surface area contributed by atoms with Crippen LogP contribution in [0.3, 0.4) is 0 Å². The van der Waals surface area contributed by atoms with E-state index >= 15 is 0 Å². The van der Waals surface area contributed by atoms with Gasteiger partial charge < -0.3 is 10.2 Å². The number of fused-ring (bicyclic) bond motifs is 2. The Kier molecular flexibility index (Phi) is 13.2. The predicted molar refractivity (Wildman–Crippen MR) is 146 cm³/mol. The van der Waals surface area contributed by atoms with Gasteiger partial charge in [0.05, 0.1) is 0 Å². The van der Waals surface area contributed by atoms with Crippen molar-refractivity contribution in [2.45, 2.75) is 67.6 Å². The summed E-state index contributed by atoms with van der Waals surface area (Å²) in [6, 6.07) is 29.7. The summed E-state index contributed by atoms with van der Waals surface area (Å²) in [5.41, 5.74) is 2.70. The average Bonchev–Trinajstić information content (AvgIpc) is 2.91. The average molecular weight is 459 g/mol. The molecular formula is C32H42O2-2. The van der Waals surface area contributed by atoms with Crippen molar-refractivity contribution in [1.82, 2.24) is 0 Å². The van der Waals surface area contributed by atoms with Crippen LogP contribution < -0.4 is 10.2 Å². The van der Waals surface area contributed by atoms with E-state index in [1.54, 1.807) is 13.8 Å². The van der Waals surface area contributed by atoms with Gasteiger partial charge in [-0.25, -0.2) is 0 Å². The van der Waals surface area contributed by atoms with Gasteiger partial charge in [0.15, 0.2) is 0 Å². The zero-order chi connectivity index (χ0) is 25.7. The highest BCUT2D eigenvalue weighted by Gasteiger charge is 2.28. The van der Waals surface area contributed by atoms with E-state index < -0.39 is 12.2 Å². The van der Waals surface area contributed by atoms with Crippen LogP contribution in [0.1, 0.15) is 52.7 Å². The van der Waals surface area contributed by atoms with Crippen molar-refractivity contribution < 1.29 is 10.2 Å². The first kappa shape index (κ1) is 29.4. The maximum atomic E-state index is 10.7. The second-order valence-corrected chi connectivity index (χ2v) is 8.24. The maximum absolute atomic E-state index is 10.7. The van der Waals surface area contributed by atoms with Crippen LogP contribution >= 0.6 is 0 Å². The first-order valence-electron chi connectivity index (χ1n) is 12.6. The topological polar surface area (TPSA) is 46.1 Å². The summed E-state index contributed by atoms with van der Waals surface area (Å²) in [6.45, 7) is 15.7. The Morgan fingerprint density at radius 1 is 0.471 bits per heavy atom. The molecule has 2 heteroatoms. The fraction of sp³-hybridized carbons (Fsp3) is 0.375. The first-order valence-corrected chi connectivity index (χ1v) is 12.6. The molecule has 1 fully saturated rings. The molecule has 0 saturated heterocycles. The molecule has 1 aliphatic rings. The molecular weight excluding hydrogens is 416 g/mol. The van der Waals surface area contributed by atoms with E-state index in [1.807, 2.05) is 27.7 Å². The second-order valence-electron chi connectivity index (χ2n) is 8.24. The normalized spacial score (nSPS) is 20.1. The Morgan fingerprint density at radius 3 is 1.06 bits per heavy atom. The molecule has 1 aliphatic carbocycles. The Balaban J connectivity index is 0.000000240. The fourth-order valence-corrected chi connectivity index (χ4v) is 3.96. The minimum absolute atomic E-state index is 0.134. The molecule has 0 radical (unpaired) electrons. The molecule has 1 saturated carbocycles. The molecule has 0 aromatic heterocycles. The molecule has 0 N–H and O–H groups in total. The van der Waals surface area contributed by atoms with Gasteiger partial charge in [0.25, 0.3) is 0 Å². The Hall–Kier alpha value is -2.68. The van der Waals surface area contributed by atoms with Crippen molar-refractivity contribution in [1.29, 1.82) is 0 Å². The first-order chi connectivity index (χ1) is 16.4. The Bertz CT molecular complexity index is 982. The highest BCUT2D eigenvalue weighted by atomic mass is 16.3. The molecule has 0 atom stereocenters. The summed E-state index contributed by atoms with van der Waals surface area (Å²) in [7, 11) is 0. The largest absolute Gasteiger partial charge is 0.852 e. The number of hydrogen-bond acceptors (Lipinski definition) is 2. The number of aryl methyl sites for hydroxylation is 2. The smallest absolute Gasteiger partial charge is 0.0155 e. The zero-order valence-corrected chi connectivity index (χ0v) is 22.2. The van der Waals surface area contributed by atoms with Gasteiger partial charge in [-0.2, -0.15) is 0 Å². The van der Waals surface area contributed by atoms with E-state index in [4.69, 9.17) is 0 Å². The van der Waals surface area contributed by atoms with Crippen LogP contribution in [0.5, 0.6) is 0 Å². The lowest BCUT2D eigenvalue weighted by Crippen LogP contribution is -2.64. The van der Waals surface area contributed by atoms with E-state index in [1.165, 1.54) is 32.7 Å². The highest BCUT2D eigenvalue weighted by molar-refractivity contribution is 5.86. The number of rotatable bonds is 0. The van der Waals surface area contributed by atoms with E-state index in [9.17, 15) is 10.2 Å². The molecule has 0 heterocycles. The molecule has 0 aliphatic heterocycles. The quantitative estimate of drug-likeness (QED) is 0.283. The second kappa shape index (κ2) is 15.3. The van der Waals surface area contributed by atoms with Crippen LogP contribution in [0, 0.1) is 25.7 Å². The van der Waals surface area contributed by atoms with Crippen LogP contribution in [-0.2, 0) is 0 Å². The van der Waals surface area contributed by atoms with Crippen LogP contribution in [0.4, 0.5) is 0 Å². The van der Waals surface area contributed by atoms with Crippen molar-refractivity contribution in [2.75, 3.05) is 0 Å². The lowest BCUT2D eigenvalue weighted by molar-refractivity contribution is -0.558. The molecule has 34 heavy (non-hydrogen) atoms. The van der Waals surface area contributed by atoms with Crippen LogP contribution in [0.2, 0.25) is 0 Å². The monoisotopic (exact) mass is 458 g/mol. The third-order valence-electron chi connectivity index (χ3n) is 6.09. The number of hydrogen-bond donors (Lipinski definition) is 0. The van der Waals surface area contributed by atoms with E-state index in [0.717, 1.165) is 0 Å². The summed E-state index contributed by atoms with van der Waals surface area (Å²) >= 11 is 0. The highest BCUT2D eigenvalue weighted by Crippen LogP contribution is 2.29. The molecule has 0 amide bonds. The third kappa shape index (κ3) is 7.68. The van der Waals surface area contributed by atoms with Gasteiger partial charge in [-0.05, 0) is 46.5 Å². The Morgan fingerprint density at radius 2 is 0.765 bits per heavy atom. The van der Waals surface area contributed by atoms with Crippen LogP contribution in [-0.4, -0.2) is 12.2 Å². The molecule has 0 bridgehead atoms. The Labute approximate surface area is 207 Å². The van der Waals surface area contributed by atoms with Crippen LogP contribution in [0.25, 0.3) is 21.5 Å². The fourth-order valence-electron chi connectivity index (χ4n) is 3.96. The van der Waals surface area contributed by atoms with E-state index in [0.29, 0.717) is 0 Å². The van der Waals surface area contributed by atoms with Gasteiger partial charge in [-0.15, -0.1) is 12.2 Å². The van der Waals surface area contributed by atoms with Crippen molar-refractivity contribution in [3.63, 3.8) is 0 Å². The predicted octanol–water partition coefficient (Wildman–Crippen LogP) is 7.08. The van der Waals surface area contributed by atoms with Gasteiger partial charge in [0.2, 0.25) is 0 Å². The van der Waals surface area contributed by atoms with E-state index in [2.05, 4.69) is 98.8 Å². The lowest BCUT2D eigenvalue weighted by Gasteiger charge is -2.58. The van der Waals surface area contributed by atoms with Crippen LogP contribution in [0.15, 0.2) is 84.9 Å². The van der Waals surface area contributed by atoms with Gasteiger partial charge in [-0.3, -0.25) is 0 Å². The summed E-state index contributed by atoms with van der Waals surface area (Å²) in [4.78, 5) is 0. The van der Waals surface area contributed by atoms with Crippen molar-refractivity contribution >= 4 is 21.5 Å². The molecule has 4 aromatic rings. The van der Waals surface area contributed by atoms with Gasteiger partial charge in [0, 0.05) is 0 Å². The van der Waals surface area contributed by atoms with Gasteiger partial charge in [-0.1, -0.05) is 138 Å². The SMILES string of the molecule is CC.CC.CC1C([O-])C(C)C1[O-].Cc1cccc2ccccc12.Cc1cccc2ccccc12. The van der Waals surface area contributed by atoms with Crippen molar-refractivity contribution in [3.8, 4) is 0 Å². The van der Waals surface area contributed by atoms with Crippen molar-refractivity contribution in [2.24, 2.45) is 11.8 Å². The minimum atomic E-state index is -0.586. The molecule has 184 valence electrons.